The van der Waals surface area contributed by atoms with Crippen LogP contribution in [-0.4, -0.2) is 32.0 Å². The number of rotatable bonds is 4. The van der Waals surface area contributed by atoms with E-state index in [1.807, 2.05) is 13.0 Å². The number of aliphatic hydroxyl groups is 1. The number of benzene rings is 1. The predicted molar refractivity (Wildman–Crippen MR) is 132 cm³/mol. The molecule has 7 nitrogen and oxygen atoms in total. The molecule has 0 bridgehead atoms. The Kier molecular flexibility index (Phi) is 5.88. The zero-order valence-electron chi connectivity index (χ0n) is 19.5. The van der Waals surface area contributed by atoms with Gasteiger partial charge in [0.05, 0.1) is 12.0 Å². The Bertz CT molecular complexity index is 1170. The Morgan fingerprint density at radius 2 is 2.21 bits per heavy atom. The zero-order chi connectivity index (χ0) is 24.0. The topological polar surface area (TPSA) is 115 Å². The first-order chi connectivity index (χ1) is 16.4. The number of allylic oxidation sites excluding steroid dienone is 1. The van der Waals surface area contributed by atoms with Crippen molar-refractivity contribution in [1.29, 1.82) is 0 Å². The van der Waals surface area contributed by atoms with E-state index in [0.29, 0.717) is 46.8 Å². The van der Waals surface area contributed by atoms with Crippen molar-refractivity contribution in [2.24, 2.45) is 28.3 Å². The van der Waals surface area contributed by atoms with E-state index >= 15 is 0 Å². The van der Waals surface area contributed by atoms with Gasteiger partial charge in [-0.25, -0.2) is 4.98 Å². The molecule has 1 aromatic carbocycles. The minimum atomic E-state index is -0.355. The Morgan fingerprint density at radius 3 is 2.91 bits per heavy atom. The van der Waals surface area contributed by atoms with Crippen molar-refractivity contribution in [3.8, 4) is 5.75 Å². The number of anilines is 1. The summed E-state index contributed by atoms with van der Waals surface area (Å²) in [4.78, 5) is 18.0. The second kappa shape index (κ2) is 8.73. The summed E-state index contributed by atoms with van der Waals surface area (Å²) in [5, 5.41) is 37.3. The van der Waals surface area contributed by atoms with Gasteiger partial charge in [0.2, 0.25) is 5.91 Å². The number of aromatic hydroxyl groups is 1. The van der Waals surface area contributed by atoms with Gasteiger partial charge in [0, 0.05) is 28.5 Å². The molecule has 3 aliphatic rings. The average Bonchev–Trinajstić information content (AvgIpc) is 3.33. The lowest BCUT2D eigenvalue weighted by Crippen LogP contribution is -2.44. The van der Waals surface area contributed by atoms with Gasteiger partial charge in [-0.1, -0.05) is 18.1 Å². The van der Waals surface area contributed by atoms with Crippen LogP contribution in [0.1, 0.15) is 60.9 Å². The number of fused-ring (bicyclic) bond motifs is 5. The number of aromatic nitrogens is 1. The quantitative estimate of drug-likeness (QED) is 0.260. The maximum absolute atomic E-state index is 12.7. The van der Waals surface area contributed by atoms with Crippen molar-refractivity contribution in [1.82, 2.24) is 4.98 Å². The van der Waals surface area contributed by atoms with Gasteiger partial charge in [0.25, 0.3) is 0 Å². The number of phenolic OH excluding ortho intramolecular Hbond substituents is 1. The number of aryl methyl sites for hydroxylation is 2. The smallest absolute Gasteiger partial charge is 0.226 e. The third-order valence-corrected chi connectivity index (χ3v) is 9.23. The molecule has 2 saturated carbocycles. The number of carbonyl (C=O) groups excluding carboxylic acids is 1. The van der Waals surface area contributed by atoms with Crippen LogP contribution in [-0.2, 0) is 11.2 Å². The third kappa shape index (κ3) is 3.68. The second-order valence-electron chi connectivity index (χ2n) is 10.2. The summed E-state index contributed by atoms with van der Waals surface area (Å²) in [7, 11) is 0. The number of nitrogens with one attached hydrogen (secondary N) is 1. The molecule has 180 valence electrons. The maximum atomic E-state index is 12.7. The van der Waals surface area contributed by atoms with Gasteiger partial charge in [0.15, 0.2) is 5.13 Å². The van der Waals surface area contributed by atoms with E-state index in [9.17, 15) is 20.2 Å². The highest BCUT2D eigenvalue weighted by Crippen LogP contribution is 2.63. The van der Waals surface area contributed by atoms with E-state index in [4.69, 9.17) is 0 Å². The molecule has 0 aliphatic heterocycles. The summed E-state index contributed by atoms with van der Waals surface area (Å²) in [6.45, 7) is 4.10. The summed E-state index contributed by atoms with van der Waals surface area (Å²) in [6, 6.07) is 5.71. The molecular weight excluding hydrogens is 450 g/mol. The van der Waals surface area contributed by atoms with Gasteiger partial charge in [-0.15, -0.1) is 11.3 Å². The average molecular weight is 482 g/mol. The SMILES string of the molecule is Cc1cnc(NC(=O)CCC2C(=C\O)/C(=N\O)C3(C)CCC4c5ccc(O)cc5CCC4C23)s1. The maximum Gasteiger partial charge on any atom is 0.226 e. The number of thiazole rings is 1. The number of aliphatic hydroxyl groups excluding tert-OH is 1. The van der Waals surface area contributed by atoms with E-state index in [2.05, 4.69) is 28.4 Å². The lowest BCUT2D eigenvalue weighted by Gasteiger charge is -2.50. The molecule has 5 unspecified atom stereocenters. The molecule has 8 heteroatoms. The highest BCUT2D eigenvalue weighted by Gasteiger charge is 2.59. The fourth-order valence-electron chi connectivity index (χ4n) is 7.08. The molecule has 34 heavy (non-hydrogen) atoms. The van der Waals surface area contributed by atoms with Gasteiger partial charge < -0.3 is 20.7 Å². The van der Waals surface area contributed by atoms with Gasteiger partial charge in [0.1, 0.15) is 5.75 Å². The first kappa shape index (κ1) is 22.9. The summed E-state index contributed by atoms with van der Waals surface area (Å²) in [5.74, 6) is 0.996. The zero-order valence-corrected chi connectivity index (χ0v) is 20.3. The third-order valence-electron chi connectivity index (χ3n) is 8.40. The van der Waals surface area contributed by atoms with Crippen LogP contribution in [0.25, 0.3) is 0 Å². The Labute approximate surface area is 203 Å². The van der Waals surface area contributed by atoms with E-state index in [1.54, 1.807) is 12.3 Å². The van der Waals surface area contributed by atoms with Gasteiger partial charge in [-0.05, 0) is 86.0 Å². The Morgan fingerprint density at radius 1 is 1.38 bits per heavy atom. The molecule has 5 rings (SSSR count). The van der Waals surface area contributed by atoms with Crippen LogP contribution in [0.5, 0.6) is 5.75 Å². The molecule has 5 atom stereocenters. The highest BCUT2D eigenvalue weighted by molar-refractivity contribution is 7.15. The van der Waals surface area contributed by atoms with E-state index in [1.165, 1.54) is 22.5 Å². The summed E-state index contributed by atoms with van der Waals surface area (Å²) in [5.41, 5.74) is 3.38. The molecule has 0 saturated heterocycles. The number of nitrogens with zero attached hydrogens (tertiary/aromatic N) is 2. The molecule has 1 aromatic heterocycles. The standard InChI is InChI=1S/C26H31N3O4S/c1-14-12-27-25(34-14)28-22(32)8-7-20-21(13-30)24(29-33)26(2)10-9-18-17-6-4-16(31)11-15(17)3-5-19(18)23(20)26/h4,6,11-13,18-20,23,30-31,33H,3,5,7-10H2,1-2H3,(H,27,28,32)/b21-13+,29-24+. The van der Waals surface area contributed by atoms with Crippen molar-refractivity contribution < 1.29 is 20.2 Å². The van der Waals surface area contributed by atoms with E-state index in [-0.39, 0.29) is 23.2 Å². The first-order valence-electron chi connectivity index (χ1n) is 12.0. The van der Waals surface area contributed by atoms with Crippen LogP contribution in [0.3, 0.4) is 0 Å². The molecule has 2 aromatic rings. The van der Waals surface area contributed by atoms with Crippen LogP contribution in [0.2, 0.25) is 0 Å². The number of carbonyl (C=O) groups is 1. The Balaban J connectivity index is 1.43. The van der Waals surface area contributed by atoms with Crippen LogP contribution in [0, 0.1) is 30.1 Å². The van der Waals surface area contributed by atoms with Gasteiger partial charge in [-0.2, -0.15) is 0 Å². The van der Waals surface area contributed by atoms with Crippen LogP contribution >= 0.6 is 11.3 Å². The van der Waals surface area contributed by atoms with Gasteiger partial charge in [-0.3, -0.25) is 4.79 Å². The molecule has 2 fully saturated rings. The molecule has 0 radical (unpaired) electrons. The van der Waals surface area contributed by atoms with Crippen molar-refractivity contribution >= 4 is 28.1 Å². The number of hydrogen-bond donors (Lipinski definition) is 4. The normalized spacial score (nSPS) is 32.3. The fraction of sp³-hybridized carbons (Fsp3) is 0.500. The van der Waals surface area contributed by atoms with E-state index in [0.717, 1.165) is 36.8 Å². The van der Waals surface area contributed by atoms with Gasteiger partial charge >= 0.3 is 0 Å². The molecule has 1 amide bonds. The van der Waals surface area contributed by atoms with Crippen molar-refractivity contribution in [3.05, 3.63) is 52.2 Å². The number of hydrogen-bond acceptors (Lipinski definition) is 7. The van der Waals surface area contributed by atoms with Crippen LogP contribution in [0.4, 0.5) is 5.13 Å². The molecule has 4 N–H and O–H groups in total. The highest BCUT2D eigenvalue weighted by atomic mass is 32.1. The fourth-order valence-corrected chi connectivity index (χ4v) is 7.76. The summed E-state index contributed by atoms with van der Waals surface area (Å²) >= 11 is 1.45. The number of phenols is 1. The first-order valence-corrected chi connectivity index (χ1v) is 12.8. The largest absolute Gasteiger partial charge is 0.515 e. The van der Waals surface area contributed by atoms with Crippen molar-refractivity contribution in [3.63, 3.8) is 0 Å². The number of oxime groups is 1. The molecular formula is C26H31N3O4S. The summed E-state index contributed by atoms with van der Waals surface area (Å²) < 4.78 is 0. The minimum absolute atomic E-state index is 0.0730. The predicted octanol–water partition coefficient (Wildman–Crippen LogP) is 5.54. The van der Waals surface area contributed by atoms with E-state index < -0.39 is 0 Å². The monoisotopic (exact) mass is 481 g/mol. The van der Waals surface area contributed by atoms with Crippen LogP contribution < -0.4 is 5.32 Å². The molecule has 1 heterocycles. The lowest BCUT2D eigenvalue weighted by atomic mass is 9.54. The van der Waals surface area contributed by atoms with Crippen molar-refractivity contribution in [2.45, 2.75) is 58.3 Å². The summed E-state index contributed by atoms with van der Waals surface area (Å²) in [6.07, 6.45) is 7.36. The minimum Gasteiger partial charge on any atom is -0.515 e. The second-order valence-corrected chi connectivity index (χ2v) is 11.4. The van der Waals surface area contributed by atoms with Crippen molar-refractivity contribution in [2.75, 3.05) is 5.32 Å². The van der Waals surface area contributed by atoms with Crippen LogP contribution in [0.15, 0.2) is 41.4 Å². The Hall–Kier alpha value is -2.87. The lowest BCUT2D eigenvalue weighted by molar-refractivity contribution is -0.116. The molecule has 0 spiro atoms. The molecule has 3 aliphatic carbocycles. The number of amides is 1.